The van der Waals surface area contributed by atoms with Crippen LogP contribution in [0, 0.1) is 0 Å². The third-order valence-corrected chi connectivity index (χ3v) is 5.88. The first-order valence-electron chi connectivity index (χ1n) is 10.3. The van der Waals surface area contributed by atoms with Crippen LogP contribution < -0.4 is 15.8 Å². The number of benzene rings is 1. The van der Waals surface area contributed by atoms with Crippen molar-refractivity contribution in [3.8, 4) is 11.3 Å². The summed E-state index contributed by atoms with van der Waals surface area (Å²) in [5.74, 6) is 0. The summed E-state index contributed by atoms with van der Waals surface area (Å²) in [6, 6.07) is 9.97. The third kappa shape index (κ3) is 3.62. The minimum absolute atomic E-state index is 0.103. The highest BCUT2D eigenvalue weighted by Gasteiger charge is 2.31. The topological polar surface area (TPSA) is 62.8 Å². The molecule has 3 aromatic heterocycles. The lowest BCUT2D eigenvalue weighted by atomic mass is 10.1. The summed E-state index contributed by atoms with van der Waals surface area (Å²) in [6.07, 6.45) is -1.67. The van der Waals surface area contributed by atoms with Gasteiger partial charge in [0.25, 0.3) is 0 Å². The van der Waals surface area contributed by atoms with Gasteiger partial charge in [-0.25, -0.2) is 9.78 Å². The van der Waals surface area contributed by atoms with Crippen LogP contribution in [-0.2, 0) is 6.18 Å². The summed E-state index contributed by atoms with van der Waals surface area (Å²) in [5, 5.41) is 4.15. The van der Waals surface area contributed by atoms with E-state index in [1.54, 1.807) is 6.07 Å². The standard InChI is InChI=1S/C23H21F3N4O2/c1-13-11-30(14(2)10-27-13)17-4-3-15-7-18(22(31)32-20(15)9-17)19-12-29-6-5-16(23(24,25)26)8-21(29)28-19/h3-9,12-14,27H,10-11H2,1-2H3. The molecule has 4 aromatic rings. The van der Waals surface area contributed by atoms with Crippen LogP contribution in [0.1, 0.15) is 19.4 Å². The molecule has 1 N–H and O–H groups in total. The number of halogens is 3. The number of hydrogen-bond donors (Lipinski definition) is 1. The van der Waals surface area contributed by atoms with Gasteiger partial charge in [0.15, 0.2) is 0 Å². The molecule has 5 rings (SSSR count). The third-order valence-electron chi connectivity index (χ3n) is 5.88. The van der Waals surface area contributed by atoms with Crippen LogP contribution >= 0.6 is 0 Å². The molecule has 1 aromatic carbocycles. The Kier molecular flexibility index (Phi) is 4.74. The zero-order chi connectivity index (χ0) is 22.6. The van der Waals surface area contributed by atoms with Crippen LogP contribution in [0.4, 0.5) is 18.9 Å². The highest BCUT2D eigenvalue weighted by molar-refractivity contribution is 5.84. The molecule has 1 saturated heterocycles. The molecule has 1 aliphatic heterocycles. The van der Waals surface area contributed by atoms with Gasteiger partial charge in [0, 0.05) is 54.7 Å². The van der Waals surface area contributed by atoms with E-state index in [-0.39, 0.29) is 16.9 Å². The van der Waals surface area contributed by atoms with Gasteiger partial charge in [-0.2, -0.15) is 13.2 Å². The fourth-order valence-electron chi connectivity index (χ4n) is 4.13. The number of piperazine rings is 1. The molecule has 4 heterocycles. The van der Waals surface area contributed by atoms with Gasteiger partial charge in [0.2, 0.25) is 0 Å². The van der Waals surface area contributed by atoms with Gasteiger partial charge < -0.3 is 19.0 Å². The molecule has 0 amide bonds. The van der Waals surface area contributed by atoms with Crippen molar-refractivity contribution < 1.29 is 17.6 Å². The Morgan fingerprint density at radius 2 is 1.97 bits per heavy atom. The van der Waals surface area contributed by atoms with Crippen molar-refractivity contribution in [1.82, 2.24) is 14.7 Å². The lowest BCUT2D eigenvalue weighted by Crippen LogP contribution is -2.54. The molecule has 1 aliphatic rings. The molecule has 9 heteroatoms. The number of anilines is 1. The smallest absolute Gasteiger partial charge is 0.416 e. The molecule has 6 nitrogen and oxygen atoms in total. The predicted octanol–water partition coefficient (Wildman–Crippen LogP) is 4.31. The maximum absolute atomic E-state index is 13.0. The second-order valence-electron chi connectivity index (χ2n) is 8.29. The van der Waals surface area contributed by atoms with Crippen LogP contribution in [0.25, 0.3) is 27.9 Å². The second-order valence-corrected chi connectivity index (χ2v) is 8.29. The molecule has 0 saturated carbocycles. The predicted molar refractivity (Wildman–Crippen MR) is 116 cm³/mol. The number of aromatic nitrogens is 2. The normalized spacial score (nSPS) is 19.7. The van der Waals surface area contributed by atoms with E-state index in [1.165, 1.54) is 16.8 Å². The zero-order valence-electron chi connectivity index (χ0n) is 17.5. The van der Waals surface area contributed by atoms with E-state index in [0.717, 1.165) is 30.9 Å². The molecule has 1 fully saturated rings. The molecule has 2 unspecified atom stereocenters. The maximum atomic E-state index is 13.0. The quantitative estimate of drug-likeness (QED) is 0.469. The fourth-order valence-corrected chi connectivity index (χ4v) is 4.13. The van der Waals surface area contributed by atoms with Crippen molar-refractivity contribution in [1.29, 1.82) is 0 Å². The first-order valence-corrected chi connectivity index (χ1v) is 10.3. The van der Waals surface area contributed by atoms with Crippen LogP contribution in [-0.4, -0.2) is 34.6 Å². The molecule has 32 heavy (non-hydrogen) atoms. The van der Waals surface area contributed by atoms with Crippen molar-refractivity contribution in [3.05, 3.63) is 64.8 Å². The van der Waals surface area contributed by atoms with E-state index in [9.17, 15) is 18.0 Å². The minimum atomic E-state index is -4.47. The summed E-state index contributed by atoms with van der Waals surface area (Å²) in [7, 11) is 0. The highest BCUT2D eigenvalue weighted by Crippen LogP contribution is 2.31. The number of imidazole rings is 1. The van der Waals surface area contributed by atoms with Gasteiger partial charge in [0.05, 0.1) is 16.8 Å². The van der Waals surface area contributed by atoms with Crippen LogP contribution in [0.5, 0.6) is 0 Å². The number of alkyl halides is 3. The highest BCUT2D eigenvalue weighted by atomic mass is 19.4. The molecule has 0 aliphatic carbocycles. The van der Waals surface area contributed by atoms with E-state index in [2.05, 4.69) is 29.0 Å². The number of nitrogens with one attached hydrogen (secondary N) is 1. The Labute approximate surface area is 181 Å². The van der Waals surface area contributed by atoms with E-state index in [4.69, 9.17) is 4.42 Å². The van der Waals surface area contributed by atoms with E-state index >= 15 is 0 Å². The van der Waals surface area contributed by atoms with Gasteiger partial charge in [-0.05, 0) is 44.2 Å². The Hall–Kier alpha value is -3.33. The van der Waals surface area contributed by atoms with Crippen LogP contribution in [0.2, 0.25) is 0 Å². The van der Waals surface area contributed by atoms with Gasteiger partial charge in [-0.1, -0.05) is 0 Å². The van der Waals surface area contributed by atoms with Gasteiger partial charge in [0.1, 0.15) is 11.2 Å². The first kappa shape index (κ1) is 20.6. The molecular weight excluding hydrogens is 421 g/mol. The van der Waals surface area contributed by atoms with Crippen molar-refractivity contribution in [2.75, 3.05) is 18.0 Å². The van der Waals surface area contributed by atoms with Crippen LogP contribution in [0.3, 0.4) is 0 Å². The van der Waals surface area contributed by atoms with Crippen molar-refractivity contribution >= 4 is 22.3 Å². The van der Waals surface area contributed by atoms with Gasteiger partial charge >= 0.3 is 11.8 Å². The van der Waals surface area contributed by atoms with Crippen LogP contribution in [0.15, 0.2) is 58.0 Å². The summed E-state index contributed by atoms with van der Waals surface area (Å²) in [4.78, 5) is 19.2. The molecular formula is C23H21F3N4O2. The second kappa shape index (κ2) is 7.37. The summed E-state index contributed by atoms with van der Waals surface area (Å²) in [6.45, 7) is 5.97. The van der Waals surface area contributed by atoms with Crippen molar-refractivity contribution in [2.45, 2.75) is 32.1 Å². The molecule has 166 valence electrons. The zero-order valence-corrected chi connectivity index (χ0v) is 17.5. The van der Waals surface area contributed by atoms with Gasteiger partial charge in [-0.15, -0.1) is 0 Å². The average molecular weight is 442 g/mol. The van der Waals surface area contributed by atoms with Crippen molar-refractivity contribution in [2.24, 2.45) is 0 Å². The van der Waals surface area contributed by atoms with E-state index < -0.39 is 17.4 Å². The fraction of sp³-hybridized carbons (Fsp3) is 0.304. The number of rotatable bonds is 2. The minimum Gasteiger partial charge on any atom is -0.422 e. The summed E-state index contributed by atoms with van der Waals surface area (Å²) < 4.78 is 46.0. The van der Waals surface area contributed by atoms with Crippen molar-refractivity contribution in [3.63, 3.8) is 0 Å². The first-order chi connectivity index (χ1) is 15.2. The Bertz CT molecular complexity index is 1380. The number of pyridine rings is 1. The largest absolute Gasteiger partial charge is 0.422 e. The maximum Gasteiger partial charge on any atom is 0.416 e. The average Bonchev–Trinajstić information content (AvgIpc) is 3.17. The molecule has 0 spiro atoms. The number of nitrogens with zero attached hydrogens (tertiary/aromatic N) is 3. The summed E-state index contributed by atoms with van der Waals surface area (Å²) >= 11 is 0. The van der Waals surface area contributed by atoms with Gasteiger partial charge in [-0.3, -0.25) is 0 Å². The Morgan fingerprint density at radius 3 is 2.75 bits per heavy atom. The number of hydrogen-bond acceptors (Lipinski definition) is 5. The lowest BCUT2D eigenvalue weighted by Gasteiger charge is -2.39. The SMILES string of the molecule is CC1CN(c2ccc3cc(-c4cn5ccc(C(F)(F)F)cc5n4)c(=O)oc3c2)C(C)CN1. The number of fused-ring (bicyclic) bond motifs is 2. The van der Waals surface area contributed by atoms with E-state index in [1.807, 2.05) is 18.2 Å². The monoisotopic (exact) mass is 442 g/mol. The lowest BCUT2D eigenvalue weighted by molar-refractivity contribution is -0.137. The Balaban J connectivity index is 1.54. The molecule has 0 bridgehead atoms. The molecule has 2 atom stereocenters. The summed E-state index contributed by atoms with van der Waals surface area (Å²) in [5.41, 5.74) is 0.610. The Morgan fingerprint density at radius 1 is 1.16 bits per heavy atom. The molecule has 0 radical (unpaired) electrons. The van der Waals surface area contributed by atoms with E-state index in [0.29, 0.717) is 23.1 Å².